The van der Waals surface area contributed by atoms with Crippen LogP contribution in [0.5, 0.6) is 0 Å². The summed E-state index contributed by atoms with van der Waals surface area (Å²) in [6.45, 7) is 1.46. The van der Waals surface area contributed by atoms with E-state index in [1.54, 1.807) is 41.8 Å². The summed E-state index contributed by atoms with van der Waals surface area (Å²) >= 11 is 3.48. The minimum Gasteiger partial charge on any atom is -0.457 e. The van der Waals surface area contributed by atoms with Crippen molar-refractivity contribution in [1.82, 2.24) is 14.5 Å². The van der Waals surface area contributed by atoms with Gasteiger partial charge in [-0.25, -0.2) is 9.78 Å². The SMILES string of the molecule is CCC1(OC(=O)CCN2C(=O)c3cccc4c(Br)ccc(c34)C2=O)C(=O)OCc2c1cc1n(c2=O)Cc2cc3ccccc3nc2-1. The summed E-state index contributed by atoms with van der Waals surface area (Å²) < 4.78 is 13.7. The molecule has 5 heterocycles. The van der Waals surface area contributed by atoms with Crippen LogP contribution < -0.4 is 5.56 Å². The van der Waals surface area contributed by atoms with E-state index in [-0.39, 0.29) is 42.7 Å². The number of aromatic nitrogens is 2. The minimum atomic E-state index is -1.89. The molecule has 3 aliphatic rings. The molecule has 0 N–H and O–H groups in total. The molecule has 2 amide bonds. The van der Waals surface area contributed by atoms with E-state index in [9.17, 15) is 24.0 Å². The molecule has 0 bridgehead atoms. The first-order valence-corrected chi connectivity index (χ1v) is 15.6. The fourth-order valence-electron chi connectivity index (χ4n) is 6.84. The van der Waals surface area contributed by atoms with Crippen molar-refractivity contribution in [3.05, 3.63) is 109 Å². The van der Waals surface area contributed by atoms with Crippen molar-refractivity contribution < 1.29 is 28.7 Å². The normalized spacial score (nSPS) is 18.0. The number of hydrogen-bond donors (Lipinski definition) is 0. The van der Waals surface area contributed by atoms with E-state index in [0.29, 0.717) is 34.4 Å². The van der Waals surface area contributed by atoms with Crippen LogP contribution in [0.25, 0.3) is 33.1 Å². The quantitative estimate of drug-likeness (QED) is 0.179. The van der Waals surface area contributed by atoms with Gasteiger partial charge in [-0.05, 0) is 48.2 Å². The standard InChI is InChI=1S/C35H24BrN3O7/c1-2-35(46-28(40)12-13-38-31(41)21-8-5-7-20-25(36)11-10-22(29(20)21)32(38)42)24-15-27-30-19(14-18-6-3-4-9-26(18)37-30)16-39(27)33(43)23(24)17-45-34(35)44/h3-11,14-15H,2,12-13,16-17H2,1H3. The number of para-hydroxylation sites is 1. The van der Waals surface area contributed by atoms with Crippen LogP contribution >= 0.6 is 15.9 Å². The fraction of sp³-hybridized carbons (Fsp3) is 0.200. The van der Waals surface area contributed by atoms with Crippen LogP contribution in [0.3, 0.4) is 0 Å². The number of ether oxygens (including phenoxy) is 2. The third kappa shape index (κ3) is 3.94. The first-order chi connectivity index (χ1) is 22.2. The van der Waals surface area contributed by atoms with Crippen molar-refractivity contribution in [3.8, 4) is 11.4 Å². The predicted molar refractivity (Wildman–Crippen MR) is 170 cm³/mol. The van der Waals surface area contributed by atoms with Gasteiger partial charge in [-0.3, -0.25) is 24.1 Å². The van der Waals surface area contributed by atoms with Gasteiger partial charge >= 0.3 is 11.9 Å². The molecular weight excluding hydrogens is 654 g/mol. The van der Waals surface area contributed by atoms with E-state index in [1.165, 1.54) is 0 Å². The second-order valence-electron chi connectivity index (χ2n) is 11.6. The third-order valence-corrected chi connectivity index (χ3v) is 9.84. The van der Waals surface area contributed by atoms with Gasteiger partial charge in [0.05, 0.1) is 35.4 Å². The highest BCUT2D eigenvalue weighted by Gasteiger charge is 2.50. The summed E-state index contributed by atoms with van der Waals surface area (Å²) in [5.41, 5.74) is 1.74. The largest absolute Gasteiger partial charge is 0.457 e. The van der Waals surface area contributed by atoms with Gasteiger partial charge in [0.15, 0.2) is 0 Å². The van der Waals surface area contributed by atoms with E-state index in [1.807, 2.05) is 36.4 Å². The monoisotopic (exact) mass is 677 g/mol. The molecule has 46 heavy (non-hydrogen) atoms. The van der Waals surface area contributed by atoms with Crippen molar-refractivity contribution >= 4 is 61.4 Å². The van der Waals surface area contributed by atoms with Crippen LogP contribution in [0.1, 0.15) is 57.2 Å². The predicted octanol–water partition coefficient (Wildman–Crippen LogP) is 5.23. The van der Waals surface area contributed by atoms with E-state index in [2.05, 4.69) is 15.9 Å². The van der Waals surface area contributed by atoms with Crippen LogP contribution in [-0.2, 0) is 37.8 Å². The lowest BCUT2D eigenvalue weighted by Crippen LogP contribution is -2.48. The van der Waals surface area contributed by atoms with Gasteiger partial charge in [-0.1, -0.05) is 53.2 Å². The molecule has 11 heteroatoms. The Kier molecular flexibility index (Phi) is 6.27. The van der Waals surface area contributed by atoms with Gasteiger partial charge in [0.2, 0.25) is 5.60 Å². The number of pyridine rings is 2. The molecule has 0 saturated heterocycles. The Labute approximate surface area is 269 Å². The zero-order valence-electron chi connectivity index (χ0n) is 24.5. The summed E-state index contributed by atoms with van der Waals surface area (Å²) in [6, 6.07) is 19.9. The van der Waals surface area contributed by atoms with Crippen LogP contribution in [0.15, 0.2) is 76.0 Å². The number of benzene rings is 3. The maximum atomic E-state index is 13.8. The number of halogens is 1. The zero-order chi connectivity index (χ0) is 31.9. The molecule has 1 unspecified atom stereocenters. The Bertz CT molecular complexity index is 2270. The van der Waals surface area contributed by atoms with Gasteiger partial charge in [0, 0.05) is 44.0 Å². The van der Waals surface area contributed by atoms with Crippen molar-refractivity contribution in [2.75, 3.05) is 6.54 Å². The molecule has 10 nitrogen and oxygen atoms in total. The smallest absolute Gasteiger partial charge is 0.355 e. The third-order valence-electron chi connectivity index (χ3n) is 9.15. The lowest BCUT2D eigenvalue weighted by molar-refractivity contribution is -0.189. The van der Waals surface area contributed by atoms with Gasteiger partial charge in [0.25, 0.3) is 17.4 Å². The molecule has 0 saturated carbocycles. The van der Waals surface area contributed by atoms with Crippen LogP contribution in [-0.4, -0.2) is 44.7 Å². The maximum Gasteiger partial charge on any atom is 0.355 e. The van der Waals surface area contributed by atoms with Gasteiger partial charge < -0.3 is 14.0 Å². The van der Waals surface area contributed by atoms with E-state index >= 15 is 0 Å². The molecule has 0 fully saturated rings. The molecule has 1 atom stereocenters. The first-order valence-electron chi connectivity index (χ1n) is 14.8. The number of rotatable bonds is 5. The average molecular weight is 678 g/mol. The van der Waals surface area contributed by atoms with Gasteiger partial charge in [0.1, 0.15) is 6.61 Å². The van der Waals surface area contributed by atoms with Crippen molar-refractivity contribution in [2.24, 2.45) is 0 Å². The Hall–Kier alpha value is -5.16. The number of esters is 2. The molecule has 228 valence electrons. The number of amides is 2. The summed E-state index contributed by atoms with van der Waals surface area (Å²) in [6.07, 6.45) is -0.374. The Morgan fingerprint density at radius 3 is 2.59 bits per heavy atom. The maximum absolute atomic E-state index is 13.8. The van der Waals surface area contributed by atoms with Crippen molar-refractivity contribution in [2.45, 2.75) is 38.5 Å². The Morgan fingerprint density at radius 1 is 1.00 bits per heavy atom. The molecular formula is C35H24BrN3O7. The summed E-state index contributed by atoms with van der Waals surface area (Å²) in [4.78, 5) is 73.3. The van der Waals surface area contributed by atoms with Crippen LogP contribution in [0.4, 0.5) is 0 Å². The first kappa shape index (κ1) is 28.3. The number of hydrogen-bond acceptors (Lipinski definition) is 8. The van der Waals surface area contributed by atoms with E-state index < -0.39 is 29.4 Å². The van der Waals surface area contributed by atoms with Crippen molar-refractivity contribution in [1.29, 1.82) is 0 Å². The van der Waals surface area contributed by atoms with E-state index in [4.69, 9.17) is 14.5 Å². The van der Waals surface area contributed by atoms with Crippen molar-refractivity contribution in [3.63, 3.8) is 0 Å². The number of cyclic esters (lactones) is 1. The fourth-order valence-corrected chi connectivity index (χ4v) is 7.31. The van der Waals surface area contributed by atoms with E-state index in [0.717, 1.165) is 31.2 Å². The lowest BCUT2D eigenvalue weighted by Gasteiger charge is -2.36. The highest BCUT2D eigenvalue weighted by molar-refractivity contribution is 9.10. The zero-order valence-corrected chi connectivity index (χ0v) is 26.0. The second kappa shape index (κ2) is 10.2. The van der Waals surface area contributed by atoms with Gasteiger partial charge in [-0.15, -0.1) is 0 Å². The molecule has 0 aliphatic carbocycles. The number of carbonyl (C=O) groups excluding carboxylic acids is 4. The van der Waals surface area contributed by atoms with Crippen LogP contribution in [0, 0.1) is 0 Å². The highest BCUT2D eigenvalue weighted by Crippen LogP contribution is 2.41. The summed E-state index contributed by atoms with van der Waals surface area (Å²) in [5, 5.41) is 2.24. The summed E-state index contributed by atoms with van der Waals surface area (Å²) in [5.74, 6) is -2.66. The number of nitrogens with zero attached hydrogens (tertiary/aromatic N) is 3. The molecule has 3 aromatic carbocycles. The van der Waals surface area contributed by atoms with Gasteiger partial charge in [-0.2, -0.15) is 0 Å². The molecule has 2 aromatic heterocycles. The number of imide groups is 1. The number of carbonyl (C=O) groups is 4. The molecule has 0 spiro atoms. The molecule has 8 rings (SSSR count). The topological polar surface area (TPSA) is 125 Å². The Balaban J connectivity index is 1.11. The molecule has 5 aromatic rings. The summed E-state index contributed by atoms with van der Waals surface area (Å²) in [7, 11) is 0. The number of fused-ring (bicyclic) bond motifs is 5. The molecule has 3 aliphatic heterocycles. The van der Waals surface area contributed by atoms with Crippen LogP contribution in [0.2, 0.25) is 0 Å². The molecule has 0 radical (unpaired) electrons. The highest BCUT2D eigenvalue weighted by atomic mass is 79.9. The second-order valence-corrected chi connectivity index (χ2v) is 12.4. The lowest BCUT2D eigenvalue weighted by atomic mass is 9.85. The average Bonchev–Trinajstić information content (AvgIpc) is 3.42. The Morgan fingerprint density at radius 2 is 1.78 bits per heavy atom. The minimum absolute atomic E-state index is 0.00268.